The van der Waals surface area contributed by atoms with Crippen molar-refractivity contribution >= 4 is 0 Å². The molecule has 2 nitrogen and oxygen atoms in total. The number of aliphatic hydroxyl groups excluding tert-OH is 1. The molecule has 1 fully saturated rings. The van der Waals surface area contributed by atoms with Crippen molar-refractivity contribution in [2.24, 2.45) is 5.92 Å². The largest absolute Gasteiger partial charge is 0.396 e. The first-order chi connectivity index (χ1) is 7.85. The molecule has 0 aliphatic carbocycles. The normalized spacial score (nSPS) is 23.2. The summed E-state index contributed by atoms with van der Waals surface area (Å²) in [7, 11) is 0. The van der Waals surface area contributed by atoms with Crippen molar-refractivity contribution in [3.8, 4) is 0 Å². The SMILES string of the molecule is C=C[C@@H](c1ccccc1)N1CC[C@H](CO)C1. The van der Waals surface area contributed by atoms with E-state index in [-0.39, 0.29) is 6.04 Å². The van der Waals surface area contributed by atoms with Crippen LogP contribution in [0.2, 0.25) is 0 Å². The topological polar surface area (TPSA) is 23.5 Å². The van der Waals surface area contributed by atoms with Crippen LogP contribution in [0.3, 0.4) is 0 Å². The van der Waals surface area contributed by atoms with Crippen molar-refractivity contribution in [3.63, 3.8) is 0 Å². The first-order valence-electron chi connectivity index (χ1n) is 5.87. The molecule has 0 bridgehead atoms. The molecule has 86 valence electrons. The van der Waals surface area contributed by atoms with Gasteiger partial charge in [0.05, 0.1) is 6.04 Å². The monoisotopic (exact) mass is 217 g/mol. The van der Waals surface area contributed by atoms with E-state index in [9.17, 15) is 0 Å². The molecule has 1 heterocycles. The quantitative estimate of drug-likeness (QED) is 0.782. The summed E-state index contributed by atoms with van der Waals surface area (Å²) in [4.78, 5) is 2.39. The van der Waals surface area contributed by atoms with E-state index in [1.54, 1.807) is 0 Å². The average molecular weight is 217 g/mol. The van der Waals surface area contributed by atoms with Crippen LogP contribution in [-0.2, 0) is 0 Å². The number of hydrogen-bond acceptors (Lipinski definition) is 2. The maximum atomic E-state index is 9.16. The van der Waals surface area contributed by atoms with Crippen molar-refractivity contribution < 1.29 is 5.11 Å². The highest BCUT2D eigenvalue weighted by molar-refractivity contribution is 5.22. The summed E-state index contributed by atoms with van der Waals surface area (Å²) < 4.78 is 0. The molecule has 0 saturated carbocycles. The zero-order valence-corrected chi connectivity index (χ0v) is 9.55. The van der Waals surface area contributed by atoms with Gasteiger partial charge in [0.1, 0.15) is 0 Å². The van der Waals surface area contributed by atoms with E-state index in [0.29, 0.717) is 12.5 Å². The molecule has 1 aliphatic rings. The second kappa shape index (κ2) is 5.28. The van der Waals surface area contributed by atoms with Crippen molar-refractivity contribution in [2.75, 3.05) is 19.7 Å². The average Bonchev–Trinajstić information content (AvgIpc) is 2.80. The smallest absolute Gasteiger partial charge is 0.0529 e. The van der Waals surface area contributed by atoms with Crippen LogP contribution in [0.15, 0.2) is 43.0 Å². The Hall–Kier alpha value is -1.12. The molecule has 1 aromatic rings. The van der Waals surface area contributed by atoms with Crippen LogP contribution >= 0.6 is 0 Å². The second-order valence-electron chi connectivity index (χ2n) is 4.42. The first kappa shape index (κ1) is 11.4. The molecule has 1 saturated heterocycles. The lowest BCUT2D eigenvalue weighted by Crippen LogP contribution is -2.25. The van der Waals surface area contributed by atoms with Gasteiger partial charge in [0, 0.05) is 13.2 Å². The summed E-state index contributed by atoms with van der Waals surface area (Å²) in [5, 5.41) is 9.16. The van der Waals surface area contributed by atoms with Crippen LogP contribution in [0, 0.1) is 5.92 Å². The van der Waals surface area contributed by atoms with Gasteiger partial charge < -0.3 is 5.11 Å². The minimum Gasteiger partial charge on any atom is -0.396 e. The third kappa shape index (κ3) is 2.34. The van der Waals surface area contributed by atoms with Crippen LogP contribution < -0.4 is 0 Å². The fourth-order valence-electron chi connectivity index (χ4n) is 2.41. The van der Waals surface area contributed by atoms with Gasteiger partial charge in [0.25, 0.3) is 0 Å². The Bertz CT molecular complexity index is 336. The van der Waals surface area contributed by atoms with Crippen LogP contribution in [0.4, 0.5) is 0 Å². The van der Waals surface area contributed by atoms with Crippen molar-refractivity contribution in [2.45, 2.75) is 12.5 Å². The van der Waals surface area contributed by atoms with E-state index in [0.717, 1.165) is 19.5 Å². The zero-order chi connectivity index (χ0) is 11.4. The van der Waals surface area contributed by atoms with Gasteiger partial charge in [-0.3, -0.25) is 4.90 Å². The lowest BCUT2D eigenvalue weighted by Gasteiger charge is -2.25. The van der Waals surface area contributed by atoms with E-state index < -0.39 is 0 Å². The minimum atomic E-state index is 0.290. The van der Waals surface area contributed by atoms with Crippen LogP contribution in [0.5, 0.6) is 0 Å². The molecule has 1 N–H and O–H groups in total. The predicted octanol–water partition coefficient (Wildman–Crippen LogP) is 2.23. The third-order valence-electron chi connectivity index (χ3n) is 3.33. The van der Waals surface area contributed by atoms with Gasteiger partial charge in [0.15, 0.2) is 0 Å². The molecule has 16 heavy (non-hydrogen) atoms. The molecular formula is C14H19NO. The van der Waals surface area contributed by atoms with Gasteiger partial charge in [-0.15, -0.1) is 6.58 Å². The molecule has 0 radical (unpaired) electrons. The molecular weight excluding hydrogens is 198 g/mol. The summed E-state index contributed by atoms with van der Waals surface area (Å²) >= 11 is 0. The first-order valence-corrected chi connectivity index (χ1v) is 5.87. The number of rotatable bonds is 4. The maximum absolute atomic E-state index is 9.16. The second-order valence-corrected chi connectivity index (χ2v) is 4.42. The van der Waals surface area contributed by atoms with Crippen LogP contribution in [-0.4, -0.2) is 29.7 Å². The maximum Gasteiger partial charge on any atom is 0.0529 e. The lowest BCUT2D eigenvalue weighted by atomic mass is 10.1. The van der Waals surface area contributed by atoms with Crippen LogP contribution in [0.25, 0.3) is 0 Å². The van der Waals surface area contributed by atoms with Crippen molar-refractivity contribution in [1.29, 1.82) is 0 Å². The molecule has 2 heteroatoms. The van der Waals surface area contributed by atoms with E-state index in [1.165, 1.54) is 5.56 Å². The summed E-state index contributed by atoms with van der Waals surface area (Å²) in [5.41, 5.74) is 1.29. The summed E-state index contributed by atoms with van der Waals surface area (Å²) in [6.07, 6.45) is 3.09. The Balaban J connectivity index is 2.09. The highest BCUT2D eigenvalue weighted by atomic mass is 16.3. The van der Waals surface area contributed by atoms with Crippen molar-refractivity contribution in [3.05, 3.63) is 48.6 Å². The highest BCUT2D eigenvalue weighted by Crippen LogP contribution is 2.28. The van der Waals surface area contributed by atoms with E-state index >= 15 is 0 Å². The Morgan fingerprint density at radius 3 is 2.75 bits per heavy atom. The fraction of sp³-hybridized carbons (Fsp3) is 0.429. The van der Waals surface area contributed by atoms with Gasteiger partial charge in [-0.2, -0.15) is 0 Å². The summed E-state index contributed by atoms with van der Waals surface area (Å²) in [6.45, 7) is 6.26. The highest BCUT2D eigenvalue weighted by Gasteiger charge is 2.26. The van der Waals surface area contributed by atoms with Gasteiger partial charge in [-0.05, 0) is 24.4 Å². The number of aliphatic hydroxyl groups is 1. The minimum absolute atomic E-state index is 0.290. The number of hydrogen-bond donors (Lipinski definition) is 1. The third-order valence-corrected chi connectivity index (χ3v) is 3.33. The Kier molecular flexibility index (Phi) is 3.75. The Morgan fingerprint density at radius 2 is 2.19 bits per heavy atom. The standard InChI is InChI=1S/C14H19NO/c1-2-14(13-6-4-3-5-7-13)15-9-8-12(10-15)11-16/h2-7,12,14,16H,1,8-11H2/t12-,14-/m0/s1. The van der Waals surface area contributed by atoms with Crippen molar-refractivity contribution in [1.82, 2.24) is 4.90 Å². The Morgan fingerprint density at radius 1 is 1.44 bits per heavy atom. The zero-order valence-electron chi connectivity index (χ0n) is 9.55. The molecule has 1 aromatic carbocycles. The molecule has 1 aliphatic heterocycles. The lowest BCUT2D eigenvalue weighted by molar-refractivity contribution is 0.212. The van der Waals surface area contributed by atoms with Gasteiger partial charge in [-0.1, -0.05) is 36.4 Å². The summed E-state index contributed by atoms with van der Waals surface area (Å²) in [5.74, 6) is 0.436. The summed E-state index contributed by atoms with van der Waals surface area (Å²) in [6, 6.07) is 10.7. The molecule has 2 atom stereocenters. The Labute approximate surface area is 97.2 Å². The molecule has 0 spiro atoms. The van der Waals surface area contributed by atoms with Gasteiger partial charge in [-0.25, -0.2) is 0 Å². The van der Waals surface area contributed by atoms with E-state index in [1.807, 2.05) is 12.1 Å². The predicted molar refractivity (Wildman–Crippen MR) is 66.1 cm³/mol. The molecule has 0 unspecified atom stereocenters. The molecule has 0 amide bonds. The fourth-order valence-corrected chi connectivity index (χ4v) is 2.41. The van der Waals surface area contributed by atoms with E-state index in [4.69, 9.17) is 5.11 Å². The van der Waals surface area contributed by atoms with E-state index in [2.05, 4.69) is 35.7 Å². The molecule has 0 aromatic heterocycles. The number of likely N-dealkylation sites (tertiary alicyclic amines) is 1. The molecule has 2 rings (SSSR count). The van der Waals surface area contributed by atoms with Crippen LogP contribution in [0.1, 0.15) is 18.0 Å². The number of benzene rings is 1. The number of nitrogens with zero attached hydrogens (tertiary/aromatic N) is 1. The van der Waals surface area contributed by atoms with Gasteiger partial charge >= 0.3 is 0 Å². The van der Waals surface area contributed by atoms with Gasteiger partial charge in [0.2, 0.25) is 0 Å².